The average Bonchev–Trinajstić information content (AvgIpc) is 2.85. The first-order chi connectivity index (χ1) is 15.7. The number of carbonyl (C=O) groups is 1. The van der Waals surface area contributed by atoms with E-state index in [0.717, 1.165) is 48.4 Å². The van der Waals surface area contributed by atoms with E-state index in [0.29, 0.717) is 6.42 Å². The topological polar surface area (TPSA) is 43.4 Å². The predicted molar refractivity (Wildman–Crippen MR) is 128 cm³/mol. The summed E-state index contributed by atoms with van der Waals surface area (Å²) in [5.74, 6) is 1.31. The van der Waals surface area contributed by atoms with E-state index in [9.17, 15) is 9.59 Å². The van der Waals surface area contributed by atoms with Gasteiger partial charge in [0, 0.05) is 0 Å². The number of unbranched alkanes of at least 4 members (excludes halogenated alkanes) is 3. The lowest BCUT2D eigenvalue weighted by molar-refractivity contribution is -0.134. The van der Waals surface area contributed by atoms with Crippen molar-refractivity contribution in [3.05, 3.63) is 114 Å². The first-order valence-electron chi connectivity index (χ1n) is 11.3. The molecule has 3 nitrogen and oxygen atoms in total. The number of hydrogen-bond acceptors (Lipinski definition) is 3. The van der Waals surface area contributed by atoms with Crippen LogP contribution in [-0.2, 0) is 19.9 Å². The second-order valence-electron chi connectivity index (χ2n) is 7.90. The molecule has 0 fully saturated rings. The van der Waals surface area contributed by atoms with Gasteiger partial charge in [0.2, 0.25) is 0 Å². The summed E-state index contributed by atoms with van der Waals surface area (Å²) in [5, 5.41) is 0. The number of hydrogen-bond donors (Lipinski definition) is 0. The molecule has 3 rings (SSSR count). The van der Waals surface area contributed by atoms with Gasteiger partial charge in [-0.15, -0.1) is 0 Å². The van der Waals surface area contributed by atoms with Crippen molar-refractivity contribution >= 4 is 11.7 Å². The molecule has 0 spiro atoms. The lowest BCUT2D eigenvalue weighted by atomic mass is 9.79. The molecule has 0 N–H and O–H groups in total. The Hall–Kier alpha value is -3.26. The number of ketones is 1. The summed E-state index contributed by atoms with van der Waals surface area (Å²) in [5.41, 5.74) is 1.79. The van der Waals surface area contributed by atoms with Gasteiger partial charge in [-0.3, -0.25) is 4.79 Å². The van der Waals surface area contributed by atoms with Crippen LogP contribution in [-0.4, -0.2) is 17.8 Å². The molecular formula is C29H30O3. The molecule has 0 aliphatic heterocycles. The summed E-state index contributed by atoms with van der Waals surface area (Å²) < 4.78 is 6.83. The molecule has 164 valence electrons. The van der Waals surface area contributed by atoms with E-state index in [2.05, 4.69) is 6.92 Å². The summed E-state index contributed by atoms with van der Waals surface area (Å²) >= 11 is 0. The van der Waals surface area contributed by atoms with E-state index in [1.165, 1.54) is 0 Å². The van der Waals surface area contributed by atoms with Crippen molar-refractivity contribution in [1.29, 1.82) is 0 Å². The summed E-state index contributed by atoms with van der Waals surface area (Å²) in [4.78, 5) is 24.0. The van der Waals surface area contributed by atoms with Crippen molar-refractivity contribution in [1.82, 2.24) is 0 Å². The van der Waals surface area contributed by atoms with E-state index in [-0.39, 0.29) is 5.78 Å². The number of carbonyl (C=O) groups excluding carboxylic acids is 2. The Balaban J connectivity index is 2.16. The van der Waals surface area contributed by atoms with Crippen molar-refractivity contribution in [2.45, 2.75) is 50.7 Å². The molecule has 0 heterocycles. The Labute approximate surface area is 190 Å². The molecule has 1 atom stereocenters. The van der Waals surface area contributed by atoms with Crippen LogP contribution in [0, 0.1) is 0 Å². The molecule has 0 saturated carbocycles. The standard InChI is InChI=1S/C29H30O3/c1-2-3-4-14-21-28(27(31)22-23-30)32-29(24-15-8-5-9-16-24,25-17-10-6-11-18-25)26-19-12-7-13-20-26/h5-13,15-20,22,28H,2-4,14,21H2,1H3. The van der Waals surface area contributed by atoms with Gasteiger partial charge in [-0.25, -0.2) is 4.79 Å². The van der Waals surface area contributed by atoms with Crippen molar-refractivity contribution in [3.63, 3.8) is 0 Å². The van der Waals surface area contributed by atoms with Gasteiger partial charge in [0.05, 0.1) is 6.08 Å². The van der Waals surface area contributed by atoms with Gasteiger partial charge in [-0.1, -0.05) is 124 Å². The fraction of sp³-hybridized carbons (Fsp3) is 0.276. The quantitative estimate of drug-likeness (QED) is 0.148. The summed E-state index contributed by atoms with van der Waals surface area (Å²) in [6.07, 6.45) is 4.84. The van der Waals surface area contributed by atoms with Gasteiger partial charge in [-0.2, -0.15) is 0 Å². The molecule has 3 heteroatoms. The van der Waals surface area contributed by atoms with Gasteiger partial charge in [-0.05, 0) is 23.1 Å². The van der Waals surface area contributed by atoms with E-state index in [1.54, 1.807) is 5.94 Å². The summed E-state index contributed by atoms with van der Waals surface area (Å²) in [6.45, 7) is 2.15. The van der Waals surface area contributed by atoms with Gasteiger partial charge in [0.25, 0.3) is 0 Å². The van der Waals surface area contributed by atoms with Crippen LogP contribution >= 0.6 is 0 Å². The maximum Gasteiger partial charge on any atom is 0.195 e. The van der Waals surface area contributed by atoms with Crippen LogP contribution in [0.1, 0.15) is 55.7 Å². The summed E-state index contributed by atoms with van der Waals surface area (Å²) in [6, 6.07) is 29.9. The van der Waals surface area contributed by atoms with Crippen molar-refractivity contribution in [2.24, 2.45) is 0 Å². The lowest BCUT2D eigenvalue weighted by Gasteiger charge is -2.38. The zero-order chi connectivity index (χ0) is 22.7. The van der Waals surface area contributed by atoms with Gasteiger partial charge in [0.15, 0.2) is 5.78 Å². The molecule has 3 aromatic carbocycles. The lowest BCUT2D eigenvalue weighted by Crippen LogP contribution is -2.39. The molecule has 0 aliphatic carbocycles. The van der Waals surface area contributed by atoms with Crippen molar-refractivity contribution < 1.29 is 14.3 Å². The predicted octanol–water partition coefficient (Wildman–Crippen LogP) is 6.29. The van der Waals surface area contributed by atoms with E-state index in [4.69, 9.17) is 4.74 Å². The number of benzene rings is 3. The third kappa shape index (κ3) is 5.50. The Morgan fingerprint density at radius 1 is 0.812 bits per heavy atom. The van der Waals surface area contributed by atoms with E-state index >= 15 is 0 Å². The second-order valence-corrected chi connectivity index (χ2v) is 7.90. The number of ether oxygens (including phenoxy) is 1. The minimum atomic E-state index is -0.994. The molecular weight excluding hydrogens is 396 g/mol. The zero-order valence-electron chi connectivity index (χ0n) is 18.6. The molecule has 0 bridgehead atoms. The minimum Gasteiger partial charge on any atom is -0.349 e. The third-order valence-electron chi connectivity index (χ3n) is 5.70. The molecule has 3 aromatic rings. The van der Waals surface area contributed by atoms with Gasteiger partial charge >= 0.3 is 0 Å². The molecule has 0 radical (unpaired) electrons. The smallest absolute Gasteiger partial charge is 0.195 e. The normalized spacial score (nSPS) is 12.0. The average molecular weight is 427 g/mol. The first kappa shape index (κ1) is 23.4. The highest BCUT2D eigenvalue weighted by Gasteiger charge is 2.41. The monoisotopic (exact) mass is 426 g/mol. The zero-order valence-corrected chi connectivity index (χ0v) is 18.6. The molecule has 0 saturated heterocycles. The highest BCUT2D eigenvalue weighted by Crippen LogP contribution is 2.42. The molecule has 32 heavy (non-hydrogen) atoms. The van der Waals surface area contributed by atoms with Crippen molar-refractivity contribution in [3.8, 4) is 0 Å². The maximum absolute atomic E-state index is 12.9. The van der Waals surface area contributed by atoms with E-state index < -0.39 is 11.7 Å². The minimum absolute atomic E-state index is 0.344. The Morgan fingerprint density at radius 3 is 1.69 bits per heavy atom. The third-order valence-corrected chi connectivity index (χ3v) is 5.70. The molecule has 1 unspecified atom stereocenters. The summed E-state index contributed by atoms with van der Waals surface area (Å²) in [7, 11) is 0. The first-order valence-corrected chi connectivity index (χ1v) is 11.3. The van der Waals surface area contributed by atoms with Crippen molar-refractivity contribution in [2.75, 3.05) is 0 Å². The van der Waals surface area contributed by atoms with Gasteiger partial charge < -0.3 is 4.74 Å². The van der Waals surface area contributed by atoms with Crippen LogP contribution in [0.4, 0.5) is 0 Å². The highest BCUT2D eigenvalue weighted by atomic mass is 16.5. The number of rotatable bonds is 12. The van der Waals surface area contributed by atoms with Crippen LogP contribution in [0.15, 0.2) is 97.1 Å². The highest BCUT2D eigenvalue weighted by molar-refractivity contribution is 5.99. The van der Waals surface area contributed by atoms with Gasteiger partial charge in [0.1, 0.15) is 17.6 Å². The van der Waals surface area contributed by atoms with Crippen LogP contribution in [0.25, 0.3) is 0 Å². The maximum atomic E-state index is 12.9. The fourth-order valence-electron chi connectivity index (χ4n) is 4.10. The fourth-order valence-corrected chi connectivity index (χ4v) is 4.10. The Kier molecular flexibility index (Phi) is 8.74. The van der Waals surface area contributed by atoms with Crippen LogP contribution in [0.5, 0.6) is 0 Å². The molecule has 0 amide bonds. The SMILES string of the molecule is CCCCCCC(OC(c1ccccc1)(c1ccccc1)c1ccccc1)C(=O)C=C=O. The second kappa shape index (κ2) is 12.0. The van der Waals surface area contributed by atoms with Crippen LogP contribution in [0.2, 0.25) is 0 Å². The Morgan fingerprint density at radius 2 is 1.28 bits per heavy atom. The molecule has 0 aromatic heterocycles. The Bertz CT molecular complexity index is 909. The van der Waals surface area contributed by atoms with Crippen LogP contribution in [0.3, 0.4) is 0 Å². The molecule has 0 aliphatic rings. The van der Waals surface area contributed by atoms with Crippen LogP contribution < -0.4 is 0 Å². The van der Waals surface area contributed by atoms with E-state index in [1.807, 2.05) is 91.0 Å². The largest absolute Gasteiger partial charge is 0.349 e.